The molecular formula is C23H29FN2O3S2. The van der Waals surface area contributed by atoms with E-state index in [9.17, 15) is 17.6 Å². The first-order valence-electron chi connectivity index (χ1n) is 10.5. The van der Waals surface area contributed by atoms with E-state index < -0.39 is 10.0 Å². The number of hydrogen-bond acceptors (Lipinski definition) is 4. The van der Waals surface area contributed by atoms with E-state index in [2.05, 4.69) is 5.32 Å². The van der Waals surface area contributed by atoms with Crippen molar-refractivity contribution < 1.29 is 17.6 Å². The molecule has 168 valence electrons. The molecule has 2 aromatic rings. The second kappa shape index (κ2) is 10.6. The fraction of sp³-hybridized carbons (Fsp3) is 0.435. The minimum absolute atomic E-state index is 0.00462. The van der Waals surface area contributed by atoms with Crippen molar-refractivity contribution in [3.8, 4) is 0 Å². The second-order valence-electron chi connectivity index (χ2n) is 7.87. The van der Waals surface area contributed by atoms with Crippen molar-refractivity contribution >= 4 is 27.7 Å². The number of halogens is 1. The van der Waals surface area contributed by atoms with Crippen LogP contribution in [0.3, 0.4) is 0 Å². The summed E-state index contributed by atoms with van der Waals surface area (Å²) >= 11 is 1.63. The van der Waals surface area contributed by atoms with E-state index in [1.54, 1.807) is 36.0 Å². The van der Waals surface area contributed by atoms with Gasteiger partial charge in [0.05, 0.1) is 4.90 Å². The summed E-state index contributed by atoms with van der Waals surface area (Å²) in [5.74, 6) is 0.425. The third-order valence-corrected chi connectivity index (χ3v) is 8.64. The Hall–Kier alpha value is -1.90. The van der Waals surface area contributed by atoms with Crippen LogP contribution in [0.4, 0.5) is 4.39 Å². The Balaban J connectivity index is 1.41. The molecular weight excluding hydrogens is 435 g/mol. The van der Waals surface area contributed by atoms with Gasteiger partial charge in [-0.3, -0.25) is 4.79 Å². The third kappa shape index (κ3) is 6.30. The zero-order chi connectivity index (χ0) is 22.4. The maximum Gasteiger partial charge on any atom is 0.243 e. The van der Waals surface area contributed by atoms with Crippen LogP contribution < -0.4 is 5.32 Å². The summed E-state index contributed by atoms with van der Waals surface area (Å²) in [5.41, 5.74) is 2.01. The lowest BCUT2D eigenvalue weighted by atomic mass is 9.97. The number of hydrogen-bond donors (Lipinski definition) is 1. The lowest BCUT2D eigenvalue weighted by Gasteiger charge is -2.30. The summed E-state index contributed by atoms with van der Waals surface area (Å²) in [6.07, 6.45) is 1.87. The Morgan fingerprint density at radius 1 is 1.10 bits per heavy atom. The monoisotopic (exact) mass is 464 g/mol. The van der Waals surface area contributed by atoms with Crippen molar-refractivity contribution in [3.05, 3.63) is 59.4 Å². The van der Waals surface area contributed by atoms with Crippen LogP contribution in [-0.4, -0.2) is 44.0 Å². The summed E-state index contributed by atoms with van der Waals surface area (Å²) < 4.78 is 40.2. The van der Waals surface area contributed by atoms with E-state index in [4.69, 9.17) is 0 Å². The summed E-state index contributed by atoms with van der Waals surface area (Å²) in [5, 5.41) is 2.97. The Kier molecular flexibility index (Phi) is 8.13. The van der Waals surface area contributed by atoms with Gasteiger partial charge in [-0.25, -0.2) is 12.8 Å². The fourth-order valence-corrected chi connectivity index (χ4v) is 5.94. The first-order valence-corrected chi connectivity index (χ1v) is 12.9. The molecule has 0 unspecified atom stereocenters. The van der Waals surface area contributed by atoms with E-state index in [0.717, 1.165) is 28.2 Å². The first-order chi connectivity index (χ1) is 14.8. The predicted octanol–water partition coefficient (Wildman–Crippen LogP) is 4.14. The topological polar surface area (TPSA) is 66.5 Å². The van der Waals surface area contributed by atoms with E-state index in [0.29, 0.717) is 37.4 Å². The maximum absolute atomic E-state index is 12.9. The number of carbonyl (C=O) groups excluding carboxylic acids is 1. The molecule has 0 spiro atoms. The standard InChI is InChI=1S/C23H29FN2O3S2/c1-17-4-9-22(16-18(17)2)31(28,29)26-13-10-19(11-14-26)23(27)25-12-3-15-30-21-7-5-20(24)6-8-21/h4-9,16,19H,3,10-15H2,1-2H3,(H,25,27). The number of nitrogens with zero attached hydrogens (tertiary/aromatic N) is 1. The molecule has 31 heavy (non-hydrogen) atoms. The highest BCUT2D eigenvalue weighted by molar-refractivity contribution is 7.99. The molecule has 3 rings (SSSR count). The SMILES string of the molecule is Cc1ccc(S(=O)(=O)N2CCC(C(=O)NCCCSc3ccc(F)cc3)CC2)cc1C. The van der Waals surface area contributed by atoms with Gasteiger partial charge in [-0.15, -0.1) is 11.8 Å². The highest BCUT2D eigenvalue weighted by atomic mass is 32.2. The maximum atomic E-state index is 12.9. The molecule has 1 N–H and O–H groups in total. The number of aryl methyl sites for hydroxylation is 2. The number of amides is 1. The molecule has 8 heteroatoms. The molecule has 1 aliphatic heterocycles. The molecule has 0 aliphatic carbocycles. The molecule has 0 saturated carbocycles. The van der Waals surface area contributed by atoms with Gasteiger partial charge in [-0.05, 0) is 86.4 Å². The number of thioether (sulfide) groups is 1. The summed E-state index contributed by atoms with van der Waals surface area (Å²) in [4.78, 5) is 13.8. The molecule has 1 saturated heterocycles. The van der Waals surface area contributed by atoms with Crippen molar-refractivity contribution in [1.29, 1.82) is 0 Å². The molecule has 2 aromatic carbocycles. The van der Waals surface area contributed by atoms with Crippen molar-refractivity contribution in [1.82, 2.24) is 9.62 Å². The second-order valence-corrected chi connectivity index (χ2v) is 11.0. The van der Waals surface area contributed by atoms with Gasteiger partial charge in [0.1, 0.15) is 5.82 Å². The highest BCUT2D eigenvalue weighted by Gasteiger charge is 2.32. The van der Waals surface area contributed by atoms with Gasteiger partial charge in [-0.1, -0.05) is 6.07 Å². The van der Waals surface area contributed by atoms with Crippen LogP contribution in [0.5, 0.6) is 0 Å². The van der Waals surface area contributed by atoms with Crippen LogP contribution in [0.15, 0.2) is 52.3 Å². The molecule has 1 amide bonds. The van der Waals surface area contributed by atoms with Gasteiger partial charge in [0, 0.05) is 30.4 Å². The number of nitrogens with one attached hydrogen (secondary N) is 1. The van der Waals surface area contributed by atoms with Crippen LogP contribution in [0, 0.1) is 25.6 Å². The fourth-order valence-electron chi connectivity index (χ4n) is 3.53. The smallest absolute Gasteiger partial charge is 0.243 e. The van der Waals surface area contributed by atoms with Gasteiger partial charge < -0.3 is 5.32 Å². The molecule has 1 aliphatic rings. The minimum Gasteiger partial charge on any atom is -0.356 e. The summed E-state index contributed by atoms with van der Waals surface area (Å²) in [6, 6.07) is 11.6. The Morgan fingerprint density at radius 2 is 1.77 bits per heavy atom. The number of piperidine rings is 1. The number of sulfonamides is 1. The van der Waals surface area contributed by atoms with Gasteiger partial charge >= 0.3 is 0 Å². The van der Waals surface area contributed by atoms with E-state index in [-0.39, 0.29) is 17.6 Å². The minimum atomic E-state index is -3.53. The molecule has 0 radical (unpaired) electrons. The van der Waals surface area contributed by atoms with Crippen molar-refractivity contribution in [2.75, 3.05) is 25.4 Å². The normalized spacial score (nSPS) is 15.7. The average Bonchev–Trinajstić information content (AvgIpc) is 2.76. The van der Waals surface area contributed by atoms with Crippen LogP contribution >= 0.6 is 11.8 Å². The molecule has 0 bridgehead atoms. The zero-order valence-electron chi connectivity index (χ0n) is 17.9. The lowest BCUT2D eigenvalue weighted by molar-refractivity contribution is -0.126. The third-order valence-electron chi connectivity index (χ3n) is 5.64. The van der Waals surface area contributed by atoms with Gasteiger partial charge in [0.15, 0.2) is 0 Å². The summed E-state index contributed by atoms with van der Waals surface area (Å²) in [7, 11) is -3.53. The van der Waals surface area contributed by atoms with Crippen molar-refractivity contribution in [2.45, 2.75) is 42.9 Å². The molecule has 1 fully saturated rings. The predicted molar refractivity (Wildman–Crippen MR) is 122 cm³/mol. The van der Waals surface area contributed by atoms with E-state index in [1.807, 2.05) is 19.9 Å². The molecule has 1 heterocycles. The highest BCUT2D eigenvalue weighted by Crippen LogP contribution is 2.25. The number of rotatable bonds is 8. The van der Waals surface area contributed by atoms with Crippen LogP contribution in [0.25, 0.3) is 0 Å². The van der Waals surface area contributed by atoms with Gasteiger partial charge in [-0.2, -0.15) is 4.31 Å². The number of benzene rings is 2. The van der Waals surface area contributed by atoms with Crippen LogP contribution in [-0.2, 0) is 14.8 Å². The quantitative estimate of drug-likeness (QED) is 0.471. The molecule has 5 nitrogen and oxygen atoms in total. The molecule has 0 aromatic heterocycles. The van der Waals surface area contributed by atoms with Crippen molar-refractivity contribution in [2.24, 2.45) is 5.92 Å². The van der Waals surface area contributed by atoms with Gasteiger partial charge in [0.2, 0.25) is 15.9 Å². The average molecular weight is 465 g/mol. The largest absolute Gasteiger partial charge is 0.356 e. The number of carbonyl (C=O) groups is 1. The first kappa shape index (κ1) is 23.8. The Labute approximate surface area is 188 Å². The summed E-state index contributed by atoms with van der Waals surface area (Å²) in [6.45, 7) is 5.15. The Bertz CT molecular complexity index is 1000. The van der Waals surface area contributed by atoms with Crippen molar-refractivity contribution in [3.63, 3.8) is 0 Å². The van der Waals surface area contributed by atoms with Crippen LogP contribution in [0.1, 0.15) is 30.4 Å². The zero-order valence-corrected chi connectivity index (χ0v) is 19.6. The van der Waals surface area contributed by atoms with E-state index >= 15 is 0 Å². The van der Waals surface area contributed by atoms with Crippen LogP contribution in [0.2, 0.25) is 0 Å². The van der Waals surface area contributed by atoms with Gasteiger partial charge in [0.25, 0.3) is 0 Å². The lowest BCUT2D eigenvalue weighted by Crippen LogP contribution is -2.43. The van der Waals surface area contributed by atoms with E-state index in [1.165, 1.54) is 16.4 Å². The Morgan fingerprint density at radius 3 is 2.42 bits per heavy atom. The molecule has 0 atom stereocenters.